The summed E-state index contributed by atoms with van der Waals surface area (Å²) in [5.74, 6) is -2.87. The topological polar surface area (TPSA) is 117 Å². The van der Waals surface area contributed by atoms with E-state index in [1.807, 2.05) is 6.92 Å². The highest BCUT2D eigenvalue weighted by Gasteiger charge is 2.51. The predicted molar refractivity (Wildman–Crippen MR) is 85.9 cm³/mol. The maximum atomic E-state index is 12.2. The molecule has 0 aliphatic heterocycles. The Morgan fingerprint density at radius 2 is 1.83 bits per heavy atom. The molecule has 1 aliphatic rings. The van der Waals surface area contributed by atoms with Crippen LogP contribution in [0, 0.1) is 17.8 Å². The van der Waals surface area contributed by atoms with Gasteiger partial charge < -0.3 is 25.3 Å². The lowest BCUT2D eigenvalue weighted by Crippen LogP contribution is -2.48. The Labute approximate surface area is 142 Å². The first-order chi connectivity index (χ1) is 11.4. The number of alkyl carbamates (subject to hydrolysis) is 1. The number of esters is 2. The van der Waals surface area contributed by atoms with Gasteiger partial charge in [-0.1, -0.05) is 13.3 Å². The molecular formula is C16H28N2O6. The van der Waals surface area contributed by atoms with Gasteiger partial charge in [-0.2, -0.15) is 0 Å². The Hall–Kier alpha value is -1.83. The van der Waals surface area contributed by atoms with Crippen LogP contribution in [0.1, 0.15) is 33.1 Å². The van der Waals surface area contributed by atoms with E-state index in [0.717, 1.165) is 12.8 Å². The minimum absolute atomic E-state index is 0.219. The van der Waals surface area contributed by atoms with Gasteiger partial charge in [0, 0.05) is 0 Å². The number of rotatable bonds is 7. The predicted octanol–water partition coefficient (Wildman–Crippen LogP) is 0.827. The molecule has 1 saturated carbocycles. The standard InChI is InChI=1S/C16H28N2O6/c1-5-6-9(2)24-16(21)18-13-10(8-17)7-11(14(19)22-3)12(13)15(20)23-4/h9-13H,5-8,17H2,1-4H3,(H,18,21)/t9?,10-,11?,12+,13+/m1/s1. The molecule has 0 bridgehead atoms. The van der Waals surface area contributed by atoms with Crippen molar-refractivity contribution >= 4 is 18.0 Å². The van der Waals surface area contributed by atoms with Crippen molar-refractivity contribution in [2.45, 2.75) is 45.3 Å². The SMILES string of the molecule is CCCC(C)OC(=O)N[C@H]1[C@@H](CN)CC(C(=O)OC)[C@@H]1C(=O)OC. The number of hydrogen-bond acceptors (Lipinski definition) is 7. The Balaban J connectivity index is 2.91. The smallest absolute Gasteiger partial charge is 0.407 e. The zero-order valence-electron chi connectivity index (χ0n) is 14.7. The molecule has 5 atom stereocenters. The molecule has 1 amide bonds. The molecule has 0 aromatic carbocycles. The minimum atomic E-state index is -0.843. The van der Waals surface area contributed by atoms with E-state index in [1.165, 1.54) is 14.2 Å². The summed E-state index contributed by atoms with van der Waals surface area (Å²) in [4.78, 5) is 36.3. The van der Waals surface area contributed by atoms with Gasteiger partial charge in [-0.25, -0.2) is 4.79 Å². The highest BCUT2D eigenvalue weighted by atomic mass is 16.6. The molecule has 0 saturated heterocycles. The maximum absolute atomic E-state index is 12.2. The number of hydrogen-bond donors (Lipinski definition) is 2. The van der Waals surface area contributed by atoms with E-state index in [4.69, 9.17) is 19.9 Å². The van der Waals surface area contributed by atoms with Crippen molar-refractivity contribution < 1.29 is 28.6 Å². The summed E-state index contributed by atoms with van der Waals surface area (Å²) in [6, 6.07) is -0.632. The van der Waals surface area contributed by atoms with Crippen molar-refractivity contribution in [3.8, 4) is 0 Å². The molecule has 1 rings (SSSR count). The largest absolute Gasteiger partial charge is 0.469 e. The molecular weight excluding hydrogens is 316 g/mol. The van der Waals surface area contributed by atoms with E-state index in [-0.39, 0.29) is 18.6 Å². The Morgan fingerprint density at radius 1 is 1.21 bits per heavy atom. The van der Waals surface area contributed by atoms with Crippen LogP contribution in [0.4, 0.5) is 4.79 Å². The van der Waals surface area contributed by atoms with Gasteiger partial charge in [0.1, 0.15) is 6.10 Å². The van der Waals surface area contributed by atoms with Gasteiger partial charge in [-0.15, -0.1) is 0 Å². The molecule has 0 spiro atoms. The van der Waals surface area contributed by atoms with Gasteiger partial charge in [0.25, 0.3) is 0 Å². The number of amides is 1. The normalized spacial score (nSPS) is 27.2. The number of carbonyl (C=O) groups is 3. The van der Waals surface area contributed by atoms with E-state index in [1.54, 1.807) is 6.92 Å². The second-order valence-corrected chi connectivity index (χ2v) is 6.08. The van der Waals surface area contributed by atoms with Gasteiger partial charge in [0.05, 0.1) is 32.1 Å². The number of nitrogens with one attached hydrogen (secondary N) is 1. The molecule has 0 aromatic rings. The fraction of sp³-hybridized carbons (Fsp3) is 0.812. The Bertz CT molecular complexity index is 456. The first-order valence-corrected chi connectivity index (χ1v) is 8.22. The summed E-state index contributed by atoms with van der Waals surface area (Å²) in [7, 11) is 2.50. The monoisotopic (exact) mass is 344 g/mol. The van der Waals surface area contributed by atoms with Gasteiger partial charge in [-0.05, 0) is 32.2 Å². The van der Waals surface area contributed by atoms with Gasteiger partial charge in [-0.3, -0.25) is 9.59 Å². The molecule has 0 aromatic heterocycles. The van der Waals surface area contributed by atoms with Crippen molar-refractivity contribution in [3.63, 3.8) is 0 Å². The number of carbonyl (C=O) groups excluding carboxylic acids is 3. The molecule has 0 radical (unpaired) electrons. The summed E-state index contributed by atoms with van der Waals surface area (Å²) in [6.45, 7) is 4.01. The first kappa shape index (κ1) is 20.2. The van der Waals surface area contributed by atoms with E-state index >= 15 is 0 Å². The summed E-state index contributed by atoms with van der Waals surface area (Å²) in [5, 5.41) is 2.69. The quantitative estimate of drug-likeness (QED) is 0.519. The molecule has 0 heterocycles. The highest BCUT2D eigenvalue weighted by molar-refractivity contribution is 5.84. The van der Waals surface area contributed by atoms with E-state index in [2.05, 4.69) is 5.32 Å². The average Bonchev–Trinajstić information content (AvgIpc) is 2.91. The van der Waals surface area contributed by atoms with Gasteiger partial charge >= 0.3 is 18.0 Å². The Morgan fingerprint density at radius 3 is 2.33 bits per heavy atom. The van der Waals surface area contributed by atoms with Crippen LogP contribution in [0.3, 0.4) is 0 Å². The van der Waals surface area contributed by atoms with Crippen LogP contribution in [0.2, 0.25) is 0 Å². The Kier molecular flexibility index (Phi) is 7.97. The van der Waals surface area contributed by atoms with Crippen molar-refractivity contribution in [1.82, 2.24) is 5.32 Å². The van der Waals surface area contributed by atoms with Crippen LogP contribution in [-0.2, 0) is 23.8 Å². The zero-order valence-corrected chi connectivity index (χ0v) is 14.7. The fourth-order valence-corrected chi connectivity index (χ4v) is 3.27. The van der Waals surface area contributed by atoms with Crippen molar-refractivity contribution in [2.24, 2.45) is 23.5 Å². The second kappa shape index (κ2) is 9.46. The summed E-state index contributed by atoms with van der Waals surface area (Å²) in [6.07, 6.45) is 1.11. The zero-order chi connectivity index (χ0) is 18.3. The first-order valence-electron chi connectivity index (χ1n) is 8.22. The number of nitrogens with two attached hydrogens (primary N) is 1. The van der Waals surface area contributed by atoms with E-state index in [9.17, 15) is 14.4 Å². The molecule has 24 heavy (non-hydrogen) atoms. The fourth-order valence-electron chi connectivity index (χ4n) is 3.27. The summed E-state index contributed by atoms with van der Waals surface area (Å²) >= 11 is 0. The van der Waals surface area contributed by atoms with Crippen LogP contribution in [0.25, 0.3) is 0 Å². The maximum Gasteiger partial charge on any atom is 0.407 e. The molecule has 1 fully saturated rings. The highest BCUT2D eigenvalue weighted by Crippen LogP contribution is 2.38. The average molecular weight is 344 g/mol. The van der Waals surface area contributed by atoms with Crippen molar-refractivity contribution in [3.05, 3.63) is 0 Å². The lowest BCUT2D eigenvalue weighted by atomic mass is 9.93. The van der Waals surface area contributed by atoms with Gasteiger partial charge in [0.2, 0.25) is 0 Å². The van der Waals surface area contributed by atoms with Crippen molar-refractivity contribution in [1.29, 1.82) is 0 Å². The summed E-state index contributed by atoms with van der Waals surface area (Å²) in [5.41, 5.74) is 5.76. The molecule has 138 valence electrons. The van der Waals surface area contributed by atoms with Gasteiger partial charge in [0.15, 0.2) is 0 Å². The third-order valence-electron chi connectivity index (χ3n) is 4.45. The molecule has 8 heteroatoms. The van der Waals surface area contributed by atoms with Crippen LogP contribution in [0.5, 0.6) is 0 Å². The minimum Gasteiger partial charge on any atom is -0.469 e. The lowest BCUT2D eigenvalue weighted by Gasteiger charge is -2.25. The van der Waals surface area contributed by atoms with Crippen LogP contribution >= 0.6 is 0 Å². The molecule has 1 aliphatic carbocycles. The van der Waals surface area contributed by atoms with Crippen LogP contribution in [-0.4, -0.2) is 50.9 Å². The molecule has 3 N–H and O–H groups in total. The van der Waals surface area contributed by atoms with Crippen molar-refractivity contribution in [2.75, 3.05) is 20.8 Å². The number of ether oxygens (including phenoxy) is 3. The van der Waals surface area contributed by atoms with Crippen LogP contribution < -0.4 is 11.1 Å². The lowest BCUT2D eigenvalue weighted by molar-refractivity contribution is -0.156. The summed E-state index contributed by atoms with van der Waals surface area (Å²) < 4.78 is 14.8. The number of methoxy groups -OCH3 is 2. The molecule has 8 nitrogen and oxygen atoms in total. The third-order valence-corrected chi connectivity index (χ3v) is 4.45. The molecule has 2 unspecified atom stereocenters. The second-order valence-electron chi connectivity index (χ2n) is 6.08. The van der Waals surface area contributed by atoms with E-state index in [0.29, 0.717) is 6.42 Å². The third kappa shape index (κ3) is 4.83. The van der Waals surface area contributed by atoms with Crippen LogP contribution in [0.15, 0.2) is 0 Å². The van der Waals surface area contributed by atoms with E-state index < -0.39 is 35.9 Å².